The third-order valence-electron chi connectivity index (χ3n) is 3.79. The van der Waals surface area contributed by atoms with Crippen LogP contribution < -0.4 is 5.32 Å². The van der Waals surface area contributed by atoms with Gasteiger partial charge in [-0.25, -0.2) is 0 Å². The Hall–Kier alpha value is -0.120. The van der Waals surface area contributed by atoms with Crippen LogP contribution in [0.3, 0.4) is 0 Å². The van der Waals surface area contributed by atoms with Gasteiger partial charge in [0.2, 0.25) is 0 Å². The second-order valence-electron chi connectivity index (χ2n) is 8.09. The molecular formula is C16H34N2O. The van der Waals surface area contributed by atoms with Crippen molar-refractivity contribution in [2.24, 2.45) is 11.3 Å². The van der Waals surface area contributed by atoms with Gasteiger partial charge in [-0.2, -0.15) is 0 Å². The summed E-state index contributed by atoms with van der Waals surface area (Å²) in [6.07, 6.45) is 0. The molecule has 1 rings (SSSR count). The van der Waals surface area contributed by atoms with E-state index in [4.69, 9.17) is 4.74 Å². The van der Waals surface area contributed by atoms with Gasteiger partial charge in [-0.3, -0.25) is 4.90 Å². The Balaban J connectivity index is 2.52. The molecule has 1 aliphatic heterocycles. The summed E-state index contributed by atoms with van der Waals surface area (Å²) in [5.74, 6) is 0.623. The molecule has 1 aliphatic rings. The zero-order chi connectivity index (χ0) is 14.7. The summed E-state index contributed by atoms with van der Waals surface area (Å²) in [7, 11) is 0. The van der Waals surface area contributed by atoms with Gasteiger partial charge in [0.15, 0.2) is 0 Å². The molecule has 0 aromatic rings. The second-order valence-corrected chi connectivity index (χ2v) is 8.09. The fourth-order valence-corrected chi connectivity index (χ4v) is 2.77. The highest BCUT2D eigenvalue weighted by Crippen LogP contribution is 2.28. The van der Waals surface area contributed by atoms with Crippen LogP contribution in [0, 0.1) is 11.3 Å². The van der Waals surface area contributed by atoms with Crippen LogP contribution >= 0.6 is 0 Å². The fraction of sp³-hybridized carbons (Fsp3) is 1.00. The molecule has 1 fully saturated rings. The first-order chi connectivity index (χ1) is 8.62. The lowest BCUT2D eigenvalue weighted by atomic mass is 9.82. The summed E-state index contributed by atoms with van der Waals surface area (Å²) in [5, 5.41) is 3.67. The van der Waals surface area contributed by atoms with Crippen molar-refractivity contribution in [3.63, 3.8) is 0 Å². The summed E-state index contributed by atoms with van der Waals surface area (Å²) in [6, 6.07) is 0.586. The van der Waals surface area contributed by atoms with E-state index < -0.39 is 0 Å². The highest BCUT2D eigenvalue weighted by atomic mass is 16.5. The highest BCUT2D eigenvalue weighted by molar-refractivity contribution is 4.96. The van der Waals surface area contributed by atoms with Crippen LogP contribution in [0.4, 0.5) is 0 Å². The predicted octanol–water partition coefficient (Wildman–Crippen LogP) is 2.76. The Labute approximate surface area is 120 Å². The van der Waals surface area contributed by atoms with Gasteiger partial charge in [-0.05, 0) is 25.2 Å². The molecule has 1 saturated heterocycles. The molecule has 3 heteroatoms. The van der Waals surface area contributed by atoms with Crippen molar-refractivity contribution in [2.45, 2.75) is 60.0 Å². The summed E-state index contributed by atoms with van der Waals surface area (Å²) in [6.45, 7) is 20.9. The Bertz CT molecular complexity index is 268. The minimum atomic E-state index is 0.208. The summed E-state index contributed by atoms with van der Waals surface area (Å²) < 4.78 is 5.76. The average Bonchev–Trinajstić information content (AvgIpc) is 2.21. The molecule has 0 saturated carbocycles. The van der Waals surface area contributed by atoms with E-state index in [1.165, 1.54) is 0 Å². The molecule has 0 aromatic heterocycles. The molecule has 3 nitrogen and oxygen atoms in total. The first kappa shape index (κ1) is 16.9. The topological polar surface area (TPSA) is 24.5 Å². The largest absolute Gasteiger partial charge is 0.380 e. The van der Waals surface area contributed by atoms with E-state index in [1.807, 2.05) is 0 Å². The predicted molar refractivity (Wildman–Crippen MR) is 82.6 cm³/mol. The van der Waals surface area contributed by atoms with Crippen molar-refractivity contribution in [3.8, 4) is 0 Å². The van der Waals surface area contributed by atoms with Crippen molar-refractivity contribution in [1.29, 1.82) is 0 Å². The molecule has 19 heavy (non-hydrogen) atoms. The SMILES string of the molecule is CC(C)COCCN1CC(C)(C)NCC1C(C)(C)C. The van der Waals surface area contributed by atoms with Crippen molar-refractivity contribution in [1.82, 2.24) is 10.2 Å². The lowest BCUT2D eigenvalue weighted by molar-refractivity contribution is 0.00520. The first-order valence-corrected chi connectivity index (χ1v) is 7.68. The lowest BCUT2D eigenvalue weighted by Gasteiger charge is -2.49. The van der Waals surface area contributed by atoms with E-state index >= 15 is 0 Å². The van der Waals surface area contributed by atoms with Crippen LogP contribution in [-0.4, -0.2) is 49.3 Å². The third kappa shape index (κ3) is 5.80. The third-order valence-corrected chi connectivity index (χ3v) is 3.79. The van der Waals surface area contributed by atoms with E-state index in [2.05, 4.69) is 58.7 Å². The van der Waals surface area contributed by atoms with Crippen LogP contribution in [0.25, 0.3) is 0 Å². The molecule has 114 valence electrons. The van der Waals surface area contributed by atoms with Gasteiger partial charge < -0.3 is 10.1 Å². The summed E-state index contributed by atoms with van der Waals surface area (Å²) >= 11 is 0. The van der Waals surface area contributed by atoms with Crippen LogP contribution in [0.15, 0.2) is 0 Å². The lowest BCUT2D eigenvalue weighted by Crippen LogP contribution is -2.65. The van der Waals surface area contributed by atoms with E-state index in [0.29, 0.717) is 17.4 Å². The Kier molecular flexibility index (Phi) is 5.84. The van der Waals surface area contributed by atoms with Crippen LogP contribution in [0.1, 0.15) is 48.5 Å². The van der Waals surface area contributed by atoms with Gasteiger partial charge in [-0.15, -0.1) is 0 Å². The van der Waals surface area contributed by atoms with Gasteiger partial charge in [0.1, 0.15) is 0 Å². The molecular weight excluding hydrogens is 236 g/mol. The van der Waals surface area contributed by atoms with E-state index in [0.717, 1.165) is 32.8 Å². The van der Waals surface area contributed by atoms with Crippen molar-refractivity contribution in [2.75, 3.05) is 32.8 Å². The summed E-state index contributed by atoms with van der Waals surface area (Å²) in [4.78, 5) is 2.61. The normalized spacial score (nSPS) is 24.9. The van der Waals surface area contributed by atoms with Gasteiger partial charge in [0.25, 0.3) is 0 Å². The number of hydrogen-bond donors (Lipinski definition) is 1. The molecule has 0 radical (unpaired) electrons. The fourth-order valence-electron chi connectivity index (χ4n) is 2.77. The van der Waals surface area contributed by atoms with Crippen molar-refractivity contribution >= 4 is 0 Å². The maximum absolute atomic E-state index is 5.76. The van der Waals surface area contributed by atoms with Gasteiger partial charge >= 0.3 is 0 Å². The maximum Gasteiger partial charge on any atom is 0.0593 e. The average molecular weight is 270 g/mol. The summed E-state index contributed by atoms with van der Waals surface area (Å²) in [5.41, 5.74) is 0.515. The molecule has 0 aromatic carbocycles. The molecule has 0 aliphatic carbocycles. The quantitative estimate of drug-likeness (QED) is 0.778. The van der Waals surface area contributed by atoms with E-state index in [-0.39, 0.29) is 5.54 Å². The van der Waals surface area contributed by atoms with E-state index in [1.54, 1.807) is 0 Å². The van der Waals surface area contributed by atoms with Gasteiger partial charge in [0.05, 0.1) is 6.61 Å². The van der Waals surface area contributed by atoms with Crippen LogP contribution in [0.2, 0.25) is 0 Å². The first-order valence-electron chi connectivity index (χ1n) is 7.68. The molecule has 0 amide bonds. The molecule has 1 unspecified atom stereocenters. The molecule has 1 atom stereocenters. The molecule has 1 heterocycles. The zero-order valence-electron chi connectivity index (χ0n) is 14.0. The van der Waals surface area contributed by atoms with Crippen molar-refractivity contribution in [3.05, 3.63) is 0 Å². The zero-order valence-corrected chi connectivity index (χ0v) is 14.0. The highest BCUT2D eigenvalue weighted by Gasteiger charge is 2.37. The number of ether oxygens (including phenoxy) is 1. The van der Waals surface area contributed by atoms with E-state index in [9.17, 15) is 0 Å². The Morgan fingerprint density at radius 2 is 1.95 bits per heavy atom. The number of rotatable bonds is 5. The standard InChI is InChI=1S/C16H34N2O/c1-13(2)11-19-9-8-18-12-16(6,7)17-10-14(18)15(3,4)5/h13-14,17H,8-12H2,1-7H3. The minimum absolute atomic E-state index is 0.208. The number of hydrogen-bond acceptors (Lipinski definition) is 3. The monoisotopic (exact) mass is 270 g/mol. The second kappa shape index (κ2) is 6.55. The number of nitrogens with zero attached hydrogens (tertiary/aromatic N) is 1. The minimum Gasteiger partial charge on any atom is -0.380 e. The maximum atomic E-state index is 5.76. The Morgan fingerprint density at radius 1 is 1.32 bits per heavy atom. The smallest absolute Gasteiger partial charge is 0.0593 e. The molecule has 0 bridgehead atoms. The van der Waals surface area contributed by atoms with Crippen molar-refractivity contribution < 1.29 is 4.74 Å². The van der Waals surface area contributed by atoms with Gasteiger partial charge in [0, 0.05) is 37.8 Å². The Morgan fingerprint density at radius 3 is 2.47 bits per heavy atom. The van der Waals surface area contributed by atoms with Crippen LogP contribution in [-0.2, 0) is 4.74 Å². The molecule has 0 spiro atoms. The number of nitrogens with one attached hydrogen (secondary N) is 1. The van der Waals surface area contributed by atoms with Crippen LogP contribution in [0.5, 0.6) is 0 Å². The number of piperazine rings is 1. The molecule has 1 N–H and O–H groups in total. The van der Waals surface area contributed by atoms with Gasteiger partial charge in [-0.1, -0.05) is 34.6 Å².